The van der Waals surface area contributed by atoms with Gasteiger partial charge < -0.3 is 15.3 Å². The van der Waals surface area contributed by atoms with Gasteiger partial charge >= 0.3 is 5.97 Å². The van der Waals surface area contributed by atoms with Gasteiger partial charge in [0.1, 0.15) is 6.04 Å². The molecule has 2 fully saturated rings. The minimum absolute atomic E-state index is 0.412. The molecule has 19 heavy (non-hydrogen) atoms. The zero-order chi connectivity index (χ0) is 13.7. The molecule has 0 aromatic heterocycles. The summed E-state index contributed by atoms with van der Waals surface area (Å²) >= 11 is 0. The van der Waals surface area contributed by atoms with E-state index < -0.39 is 12.0 Å². The normalized spacial score (nSPS) is 25.3. The van der Waals surface area contributed by atoms with Gasteiger partial charge in [-0.15, -0.1) is 0 Å². The minimum atomic E-state index is -0.722. The number of likely N-dealkylation sites (N-methyl/N-ethyl adjacent to an activating group) is 1. The summed E-state index contributed by atoms with van der Waals surface area (Å²) in [6.45, 7) is 5.49. The van der Waals surface area contributed by atoms with Crippen molar-refractivity contribution in [1.29, 1.82) is 0 Å². The van der Waals surface area contributed by atoms with Gasteiger partial charge in [-0.25, -0.2) is 0 Å². The van der Waals surface area contributed by atoms with E-state index in [2.05, 4.69) is 10.2 Å². The molecule has 1 aliphatic carbocycles. The lowest BCUT2D eigenvalue weighted by Crippen LogP contribution is -2.50. The molecule has 1 spiro atoms. The Labute approximate surface area is 116 Å². The van der Waals surface area contributed by atoms with E-state index in [-0.39, 0.29) is 0 Å². The molecule has 1 aliphatic heterocycles. The predicted molar refractivity (Wildman–Crippen MR) is 76.3 cm³/mol. The fourth-order valence-electron chi connectivity index (χ4n) is 3.75. The zero-order valence-corrected chi connectivity index (χ0v) is 12.2. The van der Waals surface area contributed by atoms with Crippen LogP contribution in [-0.2, 0) is 4.79 Å². The van der Waals surface area contributed by atoms with Gasteiger partial charge in [0.05, 0.1) is 0 Å². The summed E-state index contributed by atoms with van der Waals surface area (Å²) in [4.78, 5) is 13.5. The number of aliphatic carboxylic acids is 1. The fraction of sp³-hybridized carbons (Fsp3) is 0.933. The molecule has 4 heteroatoms. The molecule has 2 rings (SSSR count). The third-order valence-electron chi connectivity index (χ3n) is 5.02. The first kappa shape index (κ1) is 14.8. The van der Waals surface area contributed by atoms with E-state index in [4.69, 9.17) is 0 Å². The van der Waals surface area contributed by atoms with E-state index >= 15 is 0 Å². The summed E-state index contributed by atoms with van der Waals surface area (Å²) in [5.74, 6) is -0.722. The van der Waals surface area contributed by atoms with Crippen molar-refractivity contribution < 1.29 is 9.90 Å². The average Bonchev–Trinajstić information content (AvgIpc) is 2.42. The largest absolute Gasteiger partial charge is 0.480 e. The number of nitrogens with one attached hydrogen (secondary N) is 1. The lowest BCUT2D eigenvalue weighted by Gasteiger charge is -2.44. The number of hydrogen-bond donors (Lipinski definition) is 2. The number of rotatable bonds is 5. The third kappa shape index (κ3) is 3.93. The Kier molecular flexibility index (Phi) is 5.22. The highest BCUT2D eigenvalue weighted by Gasteiger charge is 2.36. The molecular weight excluding hydrogens is 240 g/mol. The second-order valence-electron chi connectivity index (χ2n) is 6.31. The summed E-state index contributed by atoms with van der Waals surface area (Å²) in [6.07, 6.45) is 9.54. The van der Waals surface area contributed by atoms with Gasteiger partial charge in [0.15, 0.2) is 0 Å². The Morgan fingerprint density at radius 1 is 1.21 bits per heavy atom. The van der Waals surface area contributed by atoms with Gasteiger partial charge in [-0.1, -0.05) is 26.2 Å². The molecule has 1 unspecified atom stereocenters. The van der Waals surface area contributed by atoms with Crippen molar-refractivity contribution in [3.63, 3.8) is 0 Å². The quantitative estimate of drug-likeness (QED) is 0.802. The number of piperidine rings is 1. The van der Waals surface area contributed by atoms with Crippen LogP contribution in [0, 0.1) is 5.41 Å². The predicted octanol–water partition coefficient (Wildman–Crippen LogP) is 2.10. The first-order valence-electron chi connectivity index (χ1n) is 7.84. The molecule has 4 nitrogen and oxygen atoms in total. The molecule has 1 heterocycles. The Balaban J connectivity index is 1.80. The zero-order valence-electron chi connectivity index (χ0n) is 12.2. The van der Waals surface area contributed by atoms with Crippen LogP contribution in [-0.4, -0.2) is 48.2 Å². The Hall–Kier alpha value is -0.610. The van der Waals surface area contributed by atoms with Crippen LogP contribution in [0.15, 0.2) is 0 Å². The van der Waals surface area contributed by atoms with Crippen molar-refractivity contribution in [3.05, 3.63) is 0 Å². The molecule has 2 aliphatic rings. The molecular formula is C15H28N2O2. The smallest absolute Gasteiger partial charge is 0.322 e. The number of likely N-dealkylation sites (tertiary alicyclic amines) is 1. The maximum atomic E-state index is 11.2. The monoisotopic (exact) mass is 268 g/mol. The highest BCUT2D eigenvalue weighted by Crippen LogP contribution is 2.44. The molecule has 0 bridgehead atoms. The van der Waals surface area contributed by atoms with Crippen LogP contribution in [0.1, 0.15) is 51.9 Å². The van der Waals surface area contributed by atoms with Gasteiger partial charge in [-0.2, -0.15) is 0 Å². The van der Waals surface area contributed by atoms with Crippen LogP contribution in [0.5, 0.6) is 0 Å². The van der Waals surface area contributed by atoms with Crippen molar-refractivity contribution in [2.24, 2.45) is 5.41 Å². The number of carboxylic acid groups (broad SMARTS) is 1. The van der Waals surface area contributed by atoms with E-state index in [1.807, 2.05) is 6.92 Å². The molecule has 1 saturated carbocycles. The highest BCUT2D eigenvalue weighted by molar-refractivity contribution is 5.73. The Morgan fingerprint density at radius 2 is 1.84 bits per heavy atom. The Bertz CT molecular complexity index is 291. The number of hydrogen-bond acceptors (Lipinski definition) is 3. The molecule has 0 amide bonds. The van der Waals surface area contributed by atoms with E-state index in [9.17, 15) is 9.90 Å². The summed E-state index contributed by atoms with van der Waals surface area (Å²) in [5.41, 5.74) is 0.603. The van der Waals surface area contributed by atoms with Crippen LogP contribution >= 0.6 is 0 Å². The fourth-order valence-corrected chi connectivity index (χ4v) is 3.75. The second-order valence-corrected chi connectivity index (χ2v) is 6.31. The van der Waals surface area contributed by atoms with Gasteiger partial charge in [-0.05, 0) is 50.7 Å². The van der Waals surface area contributed by atoms with Crippen molar-refractivity contribution in [2.75, 3.05) is 26.2 Å². The van der Waals surface area contributed by atoms with E-state index in [1.165, 1.54) is 44.9 Å². The first-order chi connectivity index (χ1) is 9.15. The standard InChI is InChI=1S/C15H28N2O2/c1-2-16-13(14(18)19)12-17-10-8-15(9-11-17)6-4-3-5-7-15/h13,16H,2-12H2,1H3,(H,18,19). The Morgan fingerprint density at radius 3 is 2.37 bits per heavy atom. The molecule has 2 N–H and O–H groups in total. The van der Waals surface area contributed by atoms with Crippen molar-refractivity contribution >= 4 is 5.97 Å². The van der Waals surface area contributed by atoms with Crippen molar-refractivity contribution in [2.45, 2.75) is 57.9 Å². The van der Waals surface area contributed by atoms with Gasteiger partial charge in [0, 0.05) is 6.54 Å². The van der Waals surface area contributed by atoms with Crippen LogP contribution in [0.3, 0.4) is 0 Å². The minimum Gasteiger partial charge on any atom is -0.480 e. The SMILES string of the molecule is CCNC(CN1CCC2(CCCCC2)CC1)C(=O)O. The van der Waals surface area contributed by atoms with E-state index in [1.54, 1.807) is 0 Å². The van der Waals surface area contributed by atoms with Gasteiger partial charge in [0.2, 0.25) is 0 Å². The van der Waals surface area contributed by atoms with Gasteiger partial charge in [-0.3, -0.25) is 4.79 Å². The highest BCUT2D eigenvalue weighted by atomic mass is 16.4. The molecule has 0 aromatic carbocycles. The molecule has 0 aromatic rings. The van der Waals surface area contributed by atoms with E-state index in [0.29, 0.717) is 12.0 Å². The maximum absolute atomic E-state index is 11.2. The van der Waals surface area contributed by atoms with Crippen molar-refractivity contribution in [3.8, 4) is 0 Å². The lowest BCUT2D eigenvalue weighted by atomic mass is 9.68. The number of carboxylic acids is 1. The van der Waals surface area contributed by atoms with Gasteiger partial charge in [0.25, 0.3) is 0 Å². The molecule has 110 valence electrons. The lowest BCUT2D eigenvalue weighted by molar-refractivity contribution is -0.140. The second kappa shape index (κ2) is 6.71. The third-order valence-corrected chi connectivity index (χ3v) is 5.02. The number of nitrogens with zero attached hydrogens (tertiary/aromatic N) is 1. The topological polar surface area (TPSA) is 52.6 Å². The maximum Gasteiger partial charge on any atom is 0.322 e. The van der Waals surface area contributed by atoms with Crippen molar-refractivity contribution in [1.82, 2.24) is 10.2 Å². The average molecular weight is 268 g/mol. The summed E-state index contributed by atoms with van der Waals surface area (Å²) < 4.78 is 0. The first-order valence-corrected chi connectivity index (χ1v) is 7.84. The van der Waals surface area contributed by atoms with Crippen LogP contribution < -0.4 is 5.32 Å². The molecule has 0 radical (unpaired) electrons. The van der Waals surface area contributed by atoms with Crippen LogP contribution in [0.25, 0.3) is 0 Å². The number of carbonyl (C=O) groups is 1. The molecule has 1 saturated heterocycles. The molecule has 1 atom stereocenters. The van der Waals surface area contributed by atoms with E-state index in [0.717, 1.165) is 19.6 Å². The summed E-state index contributed by atoms with van der Waals surface area (Å²) in [6, 6.07) is -0.412. The van der Waals surface area contributed by atoms with Crippen LogP contribution in [0.2, 0.25) is 0 Å². The summed E-state index contributed by atoms with van der Waals surface area (Å²) in [5, 5.41) is 12.2. The summed E-state index contributed by atoms with van der Waals surface area (Å²) in [7, 11) is 0. The van der Waals surface area contributed by atoms with Crippen LogP contribution in [0.4, 0.5) is 0 Å².